The van der Waals surface area contributed by atoms with Crippen LogP contribution in [0.15, 0.2) is 35.5 Å². The van der Waals surface area contributed by atoms with E-state index in [9.17, 15) is 0 Å². The van der Waals surface area contributed by atoms with Gasteiger partial charge in [-0.05, 0) is 37.0 Å². The van der Waals surface area contributed by atoms with Crippen molar-refractivity contribution in [3.63, 3.8) is 0 Å². The second kappa shape index (κ2) is 9.53. The number of rotatable bonds is 7. The van der Waals surface area contributed by atoms with Gasteiger partial charge in [-0.25, -0.2) is 4.98 Å². The van der Waals surface area contributed by atoms with E-state index in [0.717, 1.165) is 41.8 Å². The Labute approximate surface area is 147 Å². The number of guanidine groups is 1. The molecule has 0 atom stereocenters. The summed E-state index contributed by atoms with van der Waals surface area (Å²) in [6.45, 7) is 3.73. The van der Waals surface area contributed by atoms with Gasteiger partial charge in [-0.3, -0.25) is 4.99 Å². The number of nitrogens with zero attached hydrogens (tertiary/aromatic N) is 2. The predicted molar refractivity (Wildman–Crippen MR) is 99.5 cm³/mol. The molecule has 1 aromatic carbocycles. The molecule has 0 unspecified atom stereocenters. The summed E-state index contributed by atoms with van der Waals surface area (Å²) in [5, 5.41) is 8.50. The SMILES string of the molecule is CCc1cnc(CNC(=NC)NCCCc2ccc(Cl)cc2)s1. The van der Waals surface area contributed by atoms with Gasteiger partial charge >= 0.3 is 0 Å². The number of thiazole rings is 1. The van der Waals surface area contributed by atoms with Crippen molar-refractivity contribution in [2.24, 2.45) is 4.99 Å². The Kier molecular flexibility index (Phi) is 7.36. The van der Waals surface area contributed by atoms with Crippen molar-refractivity contribution in [2.75, 3.05) is 13.6 Å². The number of aromatic nitrogens is 1. The molecule has 1 aromatic heterocycles. The highest BCUT2D eigenvalue weighted by atomic mass is 35.5. The molecule has 0 aliphatic heterocycles. The van der Waals surface area contributed by atoms with Gasteiger partial charge in [-0.15, -0.1) is 11.3 Å². The minimum absolute atomic E-state index is 0.710. The third-order valence-electron chi connectivity index (χ3n) is 3.43. The summed E-state index contributed by atoms with van der Waals surface area (Å²) in [5.74, 6) is 0.814. The highest BCUT2D eigenvalue weighted by Gasteiger charge is 2.02. The number of hydrogen-bond acceptors (Lipinski definition) is 3. The average Bonchev–Trinajstić information content (AvgIpc) is 3.04. The maximum Gasteiger partial charge on any atom is 0.191 e. The molecule has 0 aliphatic carbocycles. The molecule has 1 heterocycles. The maximum atomic E-state index is 5.89. The molecule has 2 N–H and O–H groups in total. The first kappa shape index (κ1) is 17.8. The van der Waals surface area contributed by atoms with Crippen LogP contribution in [0.2, 0.25) is 5.02 Å². The summed E-state index contributed by atoms with van der Waals surface area (Å²) < 4.78 is 0. The van der Waals surface area contributed by atoms with Crippen LogP contribution in [0.1, 0.15) is 28.8 Å². The second-order valence-electron chi connectivity index (χ2n) is 5.16. The minimum Gasteiger partial charge on any atom is -0.356 e. The molecule has 0 radical (unpaired) electrons. The topological polar surface area (TPSA) is 49.3 Å². The van der Waals surface area contributed by atoms with Crippen LogP contribution >= 0.6 is 22.9 Å². The first-order valence-electron chi connectivity index (χ1n) is 7.83. The lowest BCUT2D eigenvalue weighted by Crippen LogP contribution is -2.37. The molecule has 0 amide bonds. The lowest BCUT2D eigenvalue weighted by atomic mass is 10.1. The van der Waals surface area contributed by atoms with Crippen molar-refractivity contribution in [3.05, 3.63) is 50.9 Å². The Morgan fingerprint density at radius 2 is 2.04 bits per heavy atom. The summed E-state index contributed by atoms with van der Waals surface area (Å²) in [7, 11) is 1.79. The van der Waals surface area contributed by atoms with E-state index < -0.39 is 0 Å². The largest absolute Gasteiger partial charge is 0.356 e. The van der Waals surface area contributed by atoms with Crippen molar-refractivity contribution >= 4 is 28.9 Å². The molecule has 0 spiro atoms. The molecular formula is C17H23ClN4S. The molecule has 0 saturated carbocycles. The van der Waals surface area contributed by atoms with Crippen LogP contribution in [-0.2, 0) is 19.4 Å². The Morgan fingerprint density at radius 1 is 1.26 bits per heavy atom. The van der Waals surface area contributed by atoms with Crippen LogP contribution in [0.25, 0.3) is 0 Å². The van der Waals surface area contributed by atoms with E-state index in [1.807, 2.05) is 18.3 Å². The number of benzene rings is 1. The smallest absolute Gasteiger partial charge is 0.191 e. The third kappa shape index (κ3) is 6.20. The third-order valence-corrected chi connectivity index (χ3v) is 4.82. The van der Waals surface area contributed by atoms with Crippen LogP contribution in [-0.4, -0.2) is 24.5 Å². The summed E-state index contributed by atoms with van der Waals surface area (Å²) in [6.07, 6.45) is 5.05. The van der Waals surface area contributed by atoms with Crippen molar-refractivity contribution < 1.29 is 0 Å². The van der Waals surface area contributed by atoms with E-state index in [1.54, 1.807) is 18.4 Å². The van der Waals surface area contributed by atoms with Gasteiger partial charge in [0, 0.05) is 29.7 Å². The highest BCUT2D eigenvalue weighted by Crippen LogP contribution is 2.13. The maximum absolute atomic E-state index is 5.89. The molecule has 0 aliphatic rings. The Bertz CT molecular complexity index is 622. The summed E-state index contributed by atoms with van der Waals surface area (Å²) in [5.41, 5.74) is 1.30. The summed E-state index contributed by atoms with van der Waals surface area (Å²) in [4.78, 5) is 9.95. The summed E-state index contributed by atoms with van der Waals surface area (Å²) >= 11 is 7.63. The van der Waals surface area contributed by atoms with Crippen LogP contribution in [0.4, 0.5) is 0 Å². The zero-order valence-electron chi connectivity index (χ0n) is 13.6. The van der Waals surface area contributed by atoms with Gasteiger partial charge < -0.3 is 10.6 Å². The van der Waals surface area contributed by atoms with Crippen LogP contribution in [0.5, 0.6) is 0 Å². The average molecular weight is 351 g/mol. The fraction of sp³-hybridized carbons (Fsp3) is 0.412. The van der Waals surface area contributed by atoms with Gasteiger partial charge in [0.05, 0.1) is 6.54 Å². The molecular weight excluding hydrogens is 328 g/mol. The van der Waals surface area contributed by atoms with E-state index >= 15 is 0 Å². The van der Waals surface area contributed by atoms with Gasteiger partial charge in [0.2, 0.25) is 0 Å². The predicted octanol–water partition coefficient (Wildman–Crippen LogP) is 3.66. The van der Waals surface area contributed by atoms with Crippen molar-refractivity contribution in [2.45, 2.75) is 32.7 Å². The molecule has 124 valence electrons. The fourth-order valence-electron chi connectivity index (χ4n) is 2.12. The monoisotopic (exact) mass is 350 g/mol. The molecule has 0 saturated heterocycles. The summed E-state index contributed by atoms with van der Waals surface area (Å²) in [6, 6.07) is 8.01. The number of aryl methyl sites for hydroxylation is 2. The Morgan fingerprint density at radius 3 is 2.70 bits per heavy atom. The number of hydrogen-bond donors (Lipinski definition) is 2. The standard InChI is InChI=1S/C17H23ClN4S/c1-3-15-11-21-16(23-15)12-22-17(19-2)20-10-4-5-13-6-8-14(18)9-7-13/h6-9,11H,3-5,10,12H2,1-2H3,(H2,19,20,22). The van der Waals surface area contributed by atoms with E-state index in [-0.39, 0.29) is 0 Å². The molecule has 0 fully saturated rings. The zero-order valence-corrected chi connectivity index (χ0v) is 15.2. The number of aliphatic imine (C=N–C) groups is 1. The molecule has 23 heavy (non-hydrogen) atoms. The van der Waals surface area contributed by atoms with Gasteiger partial charge in [-0.2, -0.15) is 0 Å². The van der Waals surface area contributed by atoms with Crippen LogP contribution in [0, 0.1) is 0 Å². The van der Waals surface area contributed by atoms with Crippen molar-refractivity contribution in [1.82, 2.24) is 15.6 Å². The van der Waals surface area contributed by atoms with Crippen LogP contribution in [0.3, 0.4) is 0 Å². The van der Waals surface area contributed by atoms with Gasteiger partial charge in [0.25, 0.3) is 0 Å². The lowest BCUT2D eigenvalue weighted by Gasteiger charge is -2.10. The second-order valence-corrected chi connectivity index (χ2v) is 6.79. The quantitative estimate of drug-likeness (QED) is 0.455. The lowest BCUT2D eigenvalue weighted by molar-refractivity contribution is 0.741. The molecule has 4 nitrogen and oxygen atoms in total. The van der Waals surface area contributed by atoms with Crippen LogP contribution < -0.4 is 10.6 Å². The van der Waals surface area contributed by atoms with E-state index in [1.165, 1.54) is 10.4 Å². The number of halogens is 1. The molecule has 6 heteroatoms. The molecule has 0 bridgehead atoms. The van der Waals surface area contributed by atoms with E-state index in [4.69, 9.17) is 11.6 Å². The van der Waals surface area contributed by atoms with Gasteiger partial charge in [-0.1, -0.05) is 30.7 Å². The molecule has 2 rings (SSSR count). The van der Waals surface area contributed by atoms with Crippen molar-refractivity contribution in [3.8, 4) is 0 Å². The van der Waals surface area contributed by atoms with E-state index in [2.05, 4.69) is 39.7 Å². The first-order chi connectivity index (χ1) is 11.2. The first-order valence-corrected chi connectivity index (χ1v) is 9.03. The van der Waals surface area contributed by atoms with Gasteiger partial charge in [0.15, 0.2) is 5.96 Å². The molecule has 2 aromatic rings. The minimum atomic E-state index is 0.710. The van der Waals surface area contributed by atoms with Gasteiger partial charge in [0.1, 0.15) is 5.01 Å². The Hall–Kier alpha value is -1.59. The highest BCUT2D eigenvalue weighted by molar-refractivity contribution is 7.11. The van der Waals surface area contributed by atoms with Crippen molar-refractivity contribution in [1.29, 1.82) is 0 Å². The Balaban J connectivity index is 1.67. The normalized spacial score (nSPS) is 11.5. The number of nitrogens with one attached hydrogen (secondary N) is 2. The zero-order chi connectivity index (χ0) is 16.5. The fourth-order valence-corrected chi connectivity index (χ4v) is 3.05. The van der Waals surface area contributed by atoms with E-state index in [0.29, 0.717) is 6.54 Å².